The molecule has 0 N–H and O–H groups in total. The Morgan fingerprint density at radius 3 is 2.53 bits per heavy atom. The summed E-state index contributed by atoms with van der Waals surface area (Å²) in [5.74, 6) is 1.50. The average Bonchev–Trinajstić information content (AvgIpc) is 3.24. The molecule has 0 spiro atoms. The van der Waals surface area contributed by atoms with E-state index in [1.54, 1.807) is 11.3 Å². The largest absolute Gasteiger partial charge is 0.465 e. The van der Waals surface area contributed by atoms with Crippen LogP contribution >= 0.6 is 11.3 Å². The van der Waals surface area contributed by atoms with Crippen molar-refractivity contribution in [2.24, 2.45) is 10.9 Å². The van der Waals surface area contributed by atoms with Crippen molar-refractivity contribution < 1.29 is 9.53 Å². The summed E-state index contributed by atoms with van der Waals surface area (Å²) in [5, 5.41) is 9.84. The van der Waals surface area contributed by atoms with Gasteiger partial charge in [0.1, 0.15) is 16.9 Å². The van der Waals surface area contributed by atoms with Crippen LogP contribution in [-0.2, 0) is 16.0 Å². The van der Waals surface area contributed by atoms with Crippen LogP contribution in [0.5, 0.6) is 0 Å². The second-order valence-corrected chi connectivity index (χ2v) is 9.93. The van der Waals surface area contributed by atoms with Crippen LogP contribution in [0.1, 0.15) is 72.0 Å². The third-order valence-electron chi connectivity index (χ3n) is 5.81. The molecule has 1 aliphatic heterocycles. The molecule has 2 aromatic heterocycles. The molecule has 0 saturated heterocycles. The van der Waals surface area contributed by atoms with Crippen LogP contribution in [0.15, 0.2) is 29.3 Å². The zero-order chi connectivity index (χ0) is 23.0. The Bertz CT molecular complexity index is 1170. The van der Waals surface area contributed by atoms with Crippen LogP contribution < -0.4 is 0 Å². The SMILES string of the molecule is CCc1ccc(C2=N[C@@H](CC(=O)OCC(C)C)c3nnc(C)n3-c3sc(C)c(C)c32)cc1. The molecule has 0 aliphatic carbocycles. The molecule has 4 rings (SSSR count). The van der Waals surface area contributed by atoms with E-state index in [0.717, 1.165) is 34.1 Å². The fraction of sp³-hybridized carbons (Fsp3) is 0.440. The lowest BCUT2D eigenvalue weighted by Gasteiger charge is -2.13. The quantitative estimate of drug-likeness (QED) is 0.478. The maximum Gasteiger partial charge on any atom is 0.308 e. The molecule has 3 heterocycles. The molecule has 32 heavy (non-hydrogen) atoms. The first-order valence-electron chi connectivity index (χ1n) is 11.2. The molecule has 0 radical (unpaired) electrons. The number of nitrogens with zero attached hydrogens (tertiary/aromatic N) is 4. The zero-order valence-corrected chi connectivity index (χ0v) is 20.4. The number of esters is 1. The second kappa shape index (κ2) is 8.98. The van der Waals surface area contributed by atoms with Gasteiger partial charge in [-0.3, -0.25) is 14.4 Å². The van der Waals surface area contributed by atoms with Gasteiger partial charge in [0.2, 0.25) is 0 Å². The fourth-order valence-corrected chi connectivity index (χ4v) is 5.11. The van der Waals surface area contributed by atoms with Gasteiger partial charge in [-0.05, 0) is 44.2 Å². The normalized spacial score (nSPS) is 15.2. The van der Waals surface area contributed by atoms with E-state index in [1.807, 2.05) is 20.8 Å². The number of aliphatic imine (C=N–C) groups is 1. The number of aromatic nitrogens is 3. The van der Waals surface area contributed by atoms with E-state index in [0.29, 0.717) is 12.4 Å². The molecule has 6 nitrogen and oxygen atoms in total. The third kappa shape index (κ3) is 4.13. The average molecular weight is 451 g/mol. The molecule has 0 fully saturated rings. The summed E-state index contributed by atoms with van der Waals surface area (Å²) in [6.07, 6.45) is 1.12. The molecule has 0 unspecified atom stereocenters. The molecular weight excluding hydrogens is 420 g/mol. The molecule has 1 aliphatic rings. The van der Waals surface area contributed by atoms with Gasteiger partial charge in [0.05, 0.1) is 18.7 Å². The van der Waals surface area contributed by atoms with Gasteiger partial charge in [-0.2, -0.15) is 0 Å². The summed E-state index contributed by atoms with van der Waals surface area (Å²) >= 11 is 1.72. The van der Waals surface area contributed by atoms with Crippen molar-refractivity contribution in [3.05, 3.63) is 63.0 Å². The highest BCUT2D eigenvalue weighted by Crippen LogP contribution is 2.39. The van der Waals surface area contributed by atoms with Gasteiger partial charge in [-0.1, -0.05) is 45.0 Å². The highest BCUT2D eigenvalue weighted by atomic mass is 32.1. The Morgan fingerprint density at radius 1 is 1.16 bits per heavy atom. The molecule has 0 amide bonds. The number of hydrogen-bond donors (Lipinski definition) is 0. The Kier molecular flexibility index (Phi) is 6.29. The van der Waals surface area contributed by atoms with Crippen molar-refractivity contribution in [2.75, 3.05) is 6.61 Å². The summed E-state index contributed by atoms with van der Waals surface area (Å²) in [7, 11) is 0. The van der Waals surface area contributed by atoms with Crippen molar-refractivity contribution >= 4 is 23.0 Å². The second-order valence-electron chi connectivity index (χ2n) is 8.73. The molecule has 1 aromatic carbocycles. The van der Waals surface area contributed by atoms with Crippen LogP contribution in [0.25, 0.3) is 5.00 Å². The van der Waals surface area contributed by atoms with Crippen LogP contribution in [0.2, 0.25) is 0 Å². The highest BCUT2D eigenvalue weighted by Gasteiger charge is 2.32. The summed E-state index contributed by atoms with van der Waals surface area (Å²) in [6, 6.07) is 8.08. The first-order valence-corrected chi connectivity index (χ1v) is 12.0. The number of aryl methyl sites for hydroxylation is 3. The lowest BCUT2D eigenvalue weighted by molar-refractivity contribution is -0.145. The van der Waals surface area contributed by atoms with Crippen molar-refractivity contribution in [3.63, 3.8) is 0 Å². The van der Waals surface area contributed by atoms with Gasteiger partial charge in [0.15, 0.2) is 5.82 Å². The molecule has 3 aromatic rings. The first kappa shape index (κ1) is 22.4. The summed E-state index contributed by atoms with van der Waals surface area (Å²) in [5.41, 5.74) is 5.52. The third-order valence-corrected chi connectivity index (χ3v) is 7.01. The monoisotopic (exact) mass is 450 g/mol. The standard InChI is InChI=1S/C25H30N4O2S/c1-7-18-8-10-19(11-9-18)23-22-15(4)16(5)32-25(22)29-17(6)27-28-24(29)20(26-23)12-21(30)31-13-14(2)3/h8-11,14,20H,7,12-13H2,1-6H3/t20-/m0/s1. The van der Waals surface area contributed by atoms with Gasteiger partial charge in [0, 0.05) is 16.0 Å². The first-order chi connectivity index (χ1) is 15.3. The lowest BCUT2D eigenvalue weighted by atomic mass is 9.98. The van der Waals surface area contributed by atoms with Gasteiger partial charge in [0.25, 0.3) is 0 Å². The minimum absolute atomic E-state index is 0.133. The predicted molar refractivity (Wildman–Crippen MR) is 128 cm³/mol. The summed E-state index contributed by atoms with van der Waals surface area (Å²) < 4.78 is 7.55. The number of carbonyl (C=O) groups is 1. The smallest absolute Gasteiger partial charge is 0.308 e. The van der Waals surface area contributed by atoms with Crippen molar-refractivity contribution in [1.82, 2.24) is 14.8 Å². The van der Waals surface area contributed by atoms with Gasteiger partial charge in [-0.15, -0.1) is 21.5 Å². The van der Waals surface area contributed by atoms with Crippen LogP contribution in [-0.4, -0.2) is 33.1 Å². The van der Waals surface area contributed by atoms with E-state index in [1.165, 1.54) is 16.0 Å². The van der Waals surface area contributed by atoms with Crippen molar-refractivity contribution in [2.45, 2.75) is 60.4 Å². The number of thiophene rings is 1. The van der Waals surface area contributed by atoms with E-state index >= 15 is 0 Å². The lowest BCUT2D eigenvalue weighted by Crippen LogP contribution is -2.15. The summed E-state index contributed by atoms with van der Waals surface area (Å²) in [6.45, 7) is 12.8. The number of benzene rings is 1. The van der Waals surface area contributed by atoms with E-state index in [9.17, 15) is 4.79 Å². The van der Waals surface area contributed by atoms with Crippen molar-refractivity contribution in [1.29, 1.82) is 0 Å². The number of rotatable bonds is 6. The predicted octanol–water partition coefficient (Wildman–Crippen LogP) is 5.30. The fourth-order valence-electron chi connectivity index (χ4n) is 3.90. The number of hydrogen-bond acceptors (Lipinski definition) is 6. The minimum atomic E-state index is -0.462. The minimum Gasteiger partial charge on any atom is -0.465 e. The Labute approximate surface area is 193 Å². The molecule has 0 bridgehead atoms. The van der Waals surface area contributed by atoms with E-state index < -0.39 is 6.04 Å². The van der Waals surface area contributed by atoms with Crippen LogP contribution in [0.4, 0.5) is 0 Å². The van der Waals surface area contributed by atoms with E-state index in [4.69, 9.17) is 9.73 Å². The number of carbonyl (C=O) groups excluding carboxylic acids is 1. The highest BCUT2D eigenvalue weighted by molar-refractivity contribution is 7.15. The Hall–Kier alpha value is -2.80. The van der Waals surface area contributed by atoms with Crippen LogP contribution in [0, 0.1) is 26.7 Å². The van der Waals surface area contributed by atoms with Gasteiger partial charge < -0.3 is 4.74 Å². The van der Waals surface area contributed by atoms with Gasteiger partial charge >= 0.3 is 5.97 Å². The number of fused-ring (bicyclic) bond motifs is 3. The van der Waals surface area contributed by atoms with Gasteiger partial charge in [-0.25, -0.2) is 0 Å². The topological polar surface area (TPSA) is 69.4 Å². The van der Waals surface area contributed by atoms with E-state index in [-0.39, 0.29) is 18.3 Å². The maximum atomic E-state index is 12.7. The Balaban J connectivity index is 1.86. The molecule has 168 valence electrons. The van der Waals surface area contributed by atoms with Crippen molar-refractivity contribution in [3.8, 4) is 5.00 Å². The summed E-state index contributed by atoms with van der Waals surface area (Å²) in [4.78, 5) is 19.0. The molecule has 0 saturated carbocycles. The van der Waals surface area contributed by atoms with Crippen LogP contribution in [0.3, 0.4) is 0 Å². The van der Waals surface area contributed by atoms with E-state index in [2.05, 4.69) is 59.8 Å². The molecule has 1 atom stereocenters. The molecule has 7 heteroatoms. The maximum absolute atomic E-state index is 12.7. The Morgan fingerprint density at radius 2 is 1.88 bits per heavy atom. The number of ether oxygens (including phenoxy) is 1. The molecular formula is C25H30N4O2S. The zero-order valence-electron chi connectivity index (χ0n) is 19.6.